The fourth-order valence-electron chi connectivity index (χ4n) is 2.77. The molecule has 1 amide bonds. The van der Waals surface area contributed by atoms with Crippen molar-refractivity contribution in [3.63, 3.8) is 0 Å². The van der Waals surface area contributed by atoms with Gasteiger partial charge in [0.1, 0.15) is 11.4 Å². The summed E-state index contributed by atoms with van der Waals surface area (Å²) in [6, 6.07) is 17.0. The van der Waals surface area contributed by atoms with E-state index in [1.54, 1.807) is 19.4 Å². The lowest BCUT2D eigenvalue weighted by atomic mass is 10.1. The number of rotatable bonds is 7. The summed E-state index contributed by atoms with van der Waals surface area (Å²) >= 11 is 6.16. The third-order valence-corrected chi connectivity index (χ3v) is 4.78. The van der Waals surface area contributed by atoms with Crippen molar-refractivity contribution >= 4 is 28.9 Å². The van der Waals surface area contributed by atoms with Gasteiger partial charge in [0.15, 0.2) is 0 Å². The second kappa shape index (κ2) is 9.24. The number of aromatic nitrogens is 1. The first-order valence-corrected chi connectivity index (χ1v) is 9.34. The molecule has 144 valence electrons. The molecular formula is C22H22ClN3O2. The largest absolute Gasteiger partial charge is 0.497 e. The summed E-state index contributed by atoms with van der Waals surface area (Å²) in [5, 5.41) is 6.88. The summed E-state index contributed by atoms with van der Waals surface area (Å²) in [4.78, 5) is 16.6. The SMILES string of the molecule is COc1cccc(CCNC(=O)c2cc(Nc3cccc(Cl)c3C)ccn2)c1. The summed E-state index contributed by atoms with van der Waals surface area (Å²) in [6.45, 7) is 2.46. The number of carbonyl (C=O) groups excluding carboxylic acids is 1. The topological polar surface area (TPSA) is 63.2 Å². The van der Waals surface area contributed by atoms with E-state index in [2.05, 4.69) is 15.6 Å². The van der Waals surface area contributed by atoms with Crippen LogP contribution in [0.15, 0.2) is 60.8 Å². The minimum absolute atomic E-state index is 0.214. The number of carbonyl (C=O) groups is 1. The van der Waals surface area contributed by atoms with E-state index >= 15 is 0 Å². The van der Waals surface area contributed by atoms with Crippen molar-refractivity contribution in [1.82, 2.24) is 10.3 Å². The van der Waals surface area contributed by atoms with Crippen LogP contribution in [0.4, 0.5) is 11.4 Å². The van der Waals surface area contributed by atoms with Crippen molar-refractivity contribution in [2.24, 2.45) is 0 Å². The zero-order valence-corrected chi connectivity index (χ0v) is 16.6. The summed E-state index contributed by atoms with van der Waals surface area (Å²) < 4.78 is 5.22. The normalized spacial score (nSPS) is 10.4. The highest BCUT2D eigenvalue weighted by Crippen LogP contribution is 2.26. The van der Waals surface area contributed by atoms with Gasteiger partial charge in [-0.2, -0.15) is 0 Å². The zero-order valence-electron chi connectivity index (χ0n) is 15.8. The van der Waals surface area contributed by atoms with E-state index in [1.165, 1.54) is 0 Å². The number of amides is 1. The molecule has 0 spiro atoms. The summed E-state index contributed by atoms with van der Waals surface area (Å²) in [6.07, 6.45) is 2.32. The molecule has 0 aliphatic rings. The van der Waals surface area contributed by atoms with E-state index in [9.17, 15) is 4.79 Å². The molecule has 1 aromatic heterocycles. The number of methoxy groups -OCH3 is 1. The maximum absolute atomic E-state index is 12.4. The van der Waals surface area contributed by atoms with Gasteiger partial charge in [-0.3, -0.25) is 9.78 Å². The quantitative estimate of drug-likeness (QED) is 0.605. The van der Waals surface area contributed by atoms with Crippen LogP contribution in [0.3, 0.4) is 0 Å². The number of hydrogen-bond donors (Lipinski definition) is 2. The van der Waals surface area contributed by atoms with Crippen LogP contribution in [0.25, 0.3) is 0 Å². The molecule has 2 N–H and O–H groups in total. The second-order valence-corrected chi connectivity index (χ2v) is 6.73. The van der Waals surface area contributed by atoms with Crippen LogP contribution in [0, 0.1) is 6.92 Å². The monoisotopic (exact) mass is 395 g/mol. The van der Waals surface area contributed by atoms with Crippen LogP contribution < -0.4 is 15.4 Å². The number of nitrogens with zero attached hydrogens (tertiary/aromatic N) is 1. The van der Waals surface area contributed by atoms with E-state index in [1.807, 2.05) is 55.5 Å². The van der Waals surface area contributed by atoms with E-state index in [0.717, 1.165) is 28.3 Å². The van der Waals surface area contributed by atoms with Gasteiger partial charge >= 0.3 is 0 Å². The van der Waals surface area contributed by atoms with Gasteiger partial charge in [0.05, 0.1) is 7.11 Å². The molecular weight excluding hydrogens is 374 g/mol. The molecule has 0 radical (unpaired) electrons. The lowest BCUT2D eigenvalue weighted by Gasteiger charge is -2.11. The lowest BCUT2D eigenvalue weighted by Crippen LogP contribution is -2.26. The van der Waals surface area contributed by atoms with Crippen LogP contribution in [0.1, 0.15) is 21.6 Å². The fraction of sp³-hybridized carbons (Fsp3) is 0.182. The van der Waals surface area contributed by atoms with Crippen LogP contribution >= 0.6 is 11.6 Å². The average Bonchev–Trinajstić information content (AvgIpc) is 2.72. The maximum Gasteiger partial charge on any atom is 0.269 e. The van der Waals surface area contributed by atoms with Crippen molar-refractivity contribution in [1.29, 1.82) is 0 Å². The predicted octanol–water partition coefficient (Wildman–Crippen LogP) is 4.77. The van der Waals surface area contributed by atoms with Gasteiger partial charge in [-0.1, -0.05) is 29.8 Å². The molecule has 28 heavy (non-hydrogen) atoms. The average molecular weight is 396 g/mol. The molecule has 3 aromatic rings. The summed E-state index contributed by atoms with van der Waals surface area (Å²) in [5.41, 5.74) is 4.07. The van der Waals surface area contributed by atoms with Crippen molar-refractivity contribution in [3.05, 3.63) is 82.6 Å². The molecule has 5 nitrogen and oxygen atoms in total. The van der Waals surface area contributed by atoms with Crippen LogP contribution in [-0.2, 0) is 6.42 Å². The van der Waals surface area contributed by atoms with Crippen LogP contribution in [0.5, 0.6) is 5.75 Å². The molecule has 0 atom stereocenters. The van der Waals surface area contributed by atoms with Gasteiger partial charge in [-0.25, -0.2) is 0 Å². The Labute approximate surface area is 169 Å². The van der Waals surface area contributed by atoms with Gasteiger partial charge in [0.2, 0.25) is 0 Å². The third kappa shape index (κ3) is 5.02. The number of halogens is 1. The molecule has 0 aliphatic heterocycles. The minimum atomic E-state index is -0.214. The number of pyridine rings is 1. The first kappa shape index (κ1) is 19.7. The standard InChI is InChI=1S/C22H22ClN3O2/c1-15-19(23)7-4-8-20(15)26-17-10-12-24-21(14-17)22(27)25-11-9-16-5-3-6-18(13-16)28-2/h3-8,10,12-14H,9,11H2,1-2H3,(H,24,26)(H,25,27). The highest BCUT2D eigenvalue weighted by molar-refractivity contribution is 6.31. The Morgan fingerprint density at radius 3 is 2.79 bits per heavy atom. The van der Waals surface area contributed by atoms with E-state index in [-0.39, 0.29) is 5.91 Å². The van der Waals surface area contributed by atoms with Gasteiger partial charge < -0.3 is 15.4 Å². The molecule has 0 bridgehead atoms. The van der Waals surface area contributed by atoms with Gasteiger partial charge in [-0.05, 0) is 60.9 Å². The number of ether oxygens (including phenoxy) is 1. The van der Waals surface area contributed by atoms with Crippen molar-refractivity contribution in [3.8, 4) is 5.75 Å². The van der Waals surface area contributed by atoms with Gasteiger partial charge in [0.25, 0.3) is 5.91 Å². The highest BCUT2D eigenvalue weighted by atomic mass is 35.5. The lowest BCUT2D eigenvalue weighted by molar-refractivity contribution is 0.0949. The molecule has 2 aromatic carbocycles. The molecule has 0 aliphatic carbocycles. The van der Waals surface area contributed by atoms with Crippen molar-refractivity contribution in [2.45, 2.75) is 13.3 Å². The Morgan fingerprint density at radius 2 is 1.96 bits per heavy atom. The van der Waals surface area contributed by atoms with E-state index in [0.29, 0.717) is 23.7 Å². The van der Waals surface area contributed by atoms with Gasteiger partial charge in [-0.15, -0.1) is 0 Å². The van der Waals surface area contributed by atoms with Crippen LogP contribution in [0.2, 0.25) is 5.02 Å². The maximum atomic E-state index is 12.4. The fourth-order valence-corrected chi connectivity index (χ4v) is 2.94. The molecule has 0 saturated heterocycles. The smallest absolute Gasteiger partial charge is 0.269 e. The van der Waals surface area contributed by atoms with Crippen LogP contribution in [-0.4, -0.2) is 24.5 Å². The number of nitrogens with one attached hydrogen (secondary N) is 2. The highest BCUT2D eigenvalue weighted by Gasteiger charge is 2.09. The number of hydrogen-bond acceptors (Lipinski definition) is 4. The number of benzene rings is 2. The Hall–Kier alpha value is -3.05. The Kier molecular flexibility index (Phi) is 6.50. The van der Waals surface area contributed by atoms with Gasteiger partial charge in [0, 0.05) is 29.1 Å². The Morgan fingerprint density at radius 1 is 1.14 bits per heavy atom. The zero-order chi connectivity index (χ0) is 19.9. The molecule has 1 heterocycles. The van der Waals surface area contributed by atoms with Crippen molar-refractivity contribution in [2.75, 3.05) is 19.0 Å². The molecule has 6 heteroatoms. The minimum Gasteiger partial charge on any atom is -0.497 e. The first-order chi connectivity index (χ1) is 13.6. The Bertz CT molecular complexity index is 976. The van der Waals surface area contributed by atoms with E-state index < -0.39 is 0 Å². The second-order valence-electron chi connectivity index (χ2n) is 6.32. The predicted molar refractivity (Wildman–Crippen MR) is 113 cm³/mol. The molecule has 0 fully saturated rings. The molecule has 0 unspecified atom stereocenters. The molecule has 3 rings (SSSR count). The number of anilines is 2. The Balaban J connectivity index is 1.61. The molecule has 0 saturated carbocycles. The summed E-state index contributed by atoms with van der Waals surface area (Å²) in [5.74, 6) is 0.593. The first-order valence-electron chi connectivity index (χ1n) is 8.96. The van der Waals surface area contributed by atoms with E-state index in [4.69, 9.17) is 16.3 Å². The third-order valence-electron chi connectivity index (χ3n) is 4.37. The van der Waals surface area contributed by atoms with Crippen molar-refractivity contribution < 1.29 is 9.53 Å². The summed E-state index contributed by atoms with van der Waals surface area (Å²) in [7, 11) is 1.64.